The number of pyridine rings is 1. The number of nitrogens with one attached hydrogen (secondary N) is 1. The van der Waals surface area contributed by atoms with Gasteiger partial charge in [-0.15, -0.1) is 0 Å². The number of aromatic nitrogens is 1. The Kier molecular flexibility index (Phi) is 6.95. The first-order valence-corrected chi connectivity index (χ1v) is 12.0. The van der Waals surface area contributed by atoms with Crippen LogP contribution in [0.2, 0.25) is 10.0 Å². The molecule has 0 amide bonds. The summed E-state index contributed by atoms with van der Waals surface area (Å²) in [6, 6.07) is 11.3. The molecule has 1 unspecified atom stereocenters. The van der Waals surface area contributed by atoms with Gasteiger partial charge in [-0.2, -0.15) is 13.2 Å². The van der Waals surface area contributed by atoms with Crippen molar-refractivity contribution in [2.24, 2.45) is 0 Å². The summed E-state index contributed by atoms with van der Waals surface area (Å²) in [6.07, 6.45) is -3.31. The molecule has 0 aliphatic rings. The molecule has 3 aromatic rings. The van der Waals surface area contributed by atoms with Crippen LogP contribution in [0.25, 0.3) is 0 Å². The van der Waals surface area contributed by atoms with Crippen molar-refractivity contribution in [3.05, 3.63) is 82.1 Å². The molecule has 31 heavy (non-hydrogen) atoms. The van der Waals surface area contributed by atoms with Crippen molar-refractivity contribution in [3.8, 4) is 0 Å². The van der Waals surface area contributed by atoms with Gasteiger partial charge in [0.2, 0.25) is 0 Å². The Bertz CT molecular complexity index is 1240. The number of rotatable bonds is 6. The molecule has 1 atom stereocenters. The molecule has 5 nitrogen and oxygen atoms in total. The largest absolute Gasteiger partial charge is 0.417 e. The van der Waals surface area contributed by atoms with Crippen LogP contribution in [0.15, 0.2) is 70.6 Å². The average molecular weight is 509 g/mol. The summed E-state index contributed by atoms with van der Waals surface area (Å²) in [5, 5.41) is -0.491. The zero-order chi connectivity index (χ0) is 22.8. The lowest BCUT2D eigenvalue weighted by molar-refractivity contribution is -0.137. The number of anilines is 1. The van der Waals surface area contributed by atoms with E-state index in [1.807, 2.05) is 0 Å². The third-order valence-electron chi connectivity index (χ3n) is 3.99. The number of halogens is 5. The van der Waals surface area contributed by atoms with Crippen LogP contribution in [0.3, 0.4) is 0 Å². The average Bonchev–Trinajstić information content (AvgIpc) is 2.67. The number of hydrogen-bond acceptors (Lipinski definition) is 4. The monoisotopic (exact) mass is 508 g/mol. The van der Waals surface area contributed by atoms with Crippen molar-refractivity contribution in [2.45, 2.75) is 21.7 Å². The first-order valence-electron chi connectivity index (χ1n) is 8.45. The highest BCUT2D eigenvalue weighted by molar-refractivity contribution is 7.92. The van der Waals surface area contributed by atoms with Crippen LogP contribution in [0.1, 0.15) is 11.3 Å². The molecule has 164 valence electrons. The first-order chi connectivity index (χ1) is 14.5. The molecule has 0 spiro atoms. The molecule has 0 aliphatic carbocycles. The molecule has 2 aromatic carbocycles. The van der Waals surface area contributed by atoms with E-state index < -0.39 is 42.5 Å². The molecule has 1 aromatic heterocycles. The zero-order valence-electron chi connectivity index (χ0n) is 15.4. The summed E-state index contributed by atoms with van der Waals surface area (Å²) >= 11 is 11.5. The minimum absolute atomic E-state index is 0.00360. The second kappa shape index (κ2) is 9.15. The van der Waals surface area contributed by atoms with Gasteiger partial charge in [0, 0.05) is 11.2 Å². The van der Waals surface area contributed by atoms with Crippen LogP contribution in [0, 0.1) is 0 Å². The van der Waals surface area contributed by atoms with E-state index in [1.54, 1.807) is 18.2 Å². The van der Waals surface area contributed by atoms with Gasteiger partial charge < -0.3 is 0 Å². The molecule has 1 heterocycles. The number of benzene rings is 2. The lowest BCUT2D eigenvalue weighted by atomic mass is 10.2. The highest BCUT2D eigenvalue weighted by Crippen LogP contribution is 2.36. The minimum atomic E-state index is -4.84. The predicted molar refractivity (Wildman–Crippen MR) is 113 cm³/mol. The third-order valence-corrected chi connectivity index (χ3v) is 7.32. The summed E-state index contributed by atoms with van der Waals surface area (Å²) in [4.78, 5) is 3.52. The fourth-order valence-electron chi connectivity index (χ4n) is 2.57. The van der Waals surface area contributed by atoms with Gasteiger partial charge in [0.25, 0.3) is 10.0 Å². The van der Waals surface area contributed by atoms with Gasteiger partial charge in [-0.3, -0.25) is 13.9 Å². The maximum absolute atomic E-state index is 13.1. The van der Waals surface area contributed by atoms with Gasteiger partial charge in [0.15, 0.2) is 0 Å². The minimum Gasteiger partial charge on any atom is -0.278 e. The molecular weight excluding hydrogens is 496 g/mol. The maximum atomic E-state index is 13.1. The summed E-state index contributed by atoms with van der Waals surface area (Å²) in [7, 11) is -6.19. The van der Waals surface area contributed by atoms with Gasteiger partial charge in [-0.25, -0.2) is 8.42 Å². The molecule has 0 saturated heterocycles. The van der Waals surface area contributed by atoms with E-state index in [0.717, 1.165) is 12.1 Å². The van der Waals surface area contributed by atoms with Crippen molar-refractivity contribution < 1.29 is 25.8 Å². The van der Waals surface area contributed by atoms with Gasteiger partial charge in [0.1, 0.15) is 0 Å². The molecule has 0 saturated carbocycles. The van der Waals surface area contributed by atoms with E-state index in [-0.39, 0.29) is 21.4 Å². The van der Waals surface area contributed by atoms with E-state index in [1.165, 1.54) is 24.4 Å². The lowest BCUT2D eigenvalue weighted by Gasteiger charge is -2.15. The fourth-order valence-corrected chi connectivity index (χ4v) is 5.30. The number of nitrogens with zero attached hydrogens (tertiary/aromatic N) is 1. The molecule has 12 heteroatoms. The van der Waals surface area contributed by atoms with Gasteiger partial charge in [-0.1, -0.05) is 29.3 Å². The van der Waals surface area contributed by atoms with E-state index >= 15 is 0 Å². The Morgan fingerprint density at radius 3 is 2.42 bits per heavy atom. The van der Waals surface area contributed by atoms with Crippen molar-refractivity contribution in [2.75, 3.05) is 4.72 Å². The zero-order valence-corrected chi connectivity index (χ0v) is 18.5. The molecule has 1 N–H and O–H groups in total. The summed E-state index contributed by atoms with van der Waals surface area (Å²) in [5.74, 6) is -0.00360. The van der Waals surface area contributed by atoms with Gasteiger partial charge in [0.05, 0.1) is 48.3 Å². The van der Waals surface area contributed by atoms with Crippen LogP contribution >= 0.6 is 23.2 Å². The summed E-state index contributed by atoms with van der Waals surface area (Å²) in [6.45, 7) is 0. The van der Waals surface area contributed by atoms with Crippen LogP contribution in [-0.4, -0.2) is 17.6 Å². The standard InChI is InChI=1S/C19H13Cl2F3N2O3S2/c20-12-4-7-18(30(27)11-13-3-1-2-8-25-13)17(9-12)26-31(28,29)14-5-6-16(21)15(10-14)19(22,23)24/h1-10,26H,11H2. The van der Waals surface area contributed by atoms with Crippen LogP contribution in [-0.2, 0) is 32.8 Å². The molecule has 0 fully saturated rings. The lowest BCUT2D eigenvalue weighted by Crippen LogP contribution is -2.16. The Hall–Kier alpha value is -2.14. The predicted octanol–water partition coefficient (Wildman–Crippen LogP) is 5.52. The second-order valence-corrected chi connectivity index (χ2v) is 10.1. The van der Waals surface area contributed by atoms with E-state index in [4.69, 9.17) is 23.2 Å². The van der Waals surface area contributed by atoms with E-state index in [0.29, 0.717) is 11.8 Å². The van der Waals surface area contributed by atoms with Crippen molar-refractivity contribution in [1.29, 1.82) is 0 Å². The summed E-state index contributed by atoms with van der Waals surface area (Å²) < 4.78 is 79.9. The number of hydrogen-bond donors (Lipinski definition) is 1. The summed E-state index contributed by atoms with van der Waals surface area (Å²) in [5.41, 5.74) is -0.899. The Balaban J connectivity index is 1.97. The molecule has 0 aliphatic heterocycles. The number of sulfonamides is 1. The smallest absolute Gasteiger partial charge is 0.278 e. The fraction of sp³-hybridized carbons (Fsp3) is 0.105. The van der Waals surface area contributed by atoms with Gasteiger partial charge in [-0.05, 0) is 48.5 Å². The topological polar surface area (TPSA) is 76.1 Å². The van der Waals surface area contributed by atoms with E-state index in [2.05, 4.69) is 9.71 Å². The highest BCUT2D eigenvalue weighted by atomic mass is 35.5. The SMILES string of the molecule is O=S(Cc1ccccn1)c1ccc(Cl)cc1NS(=O)(=O)c1ccc(Cl)c(C(F)(F)F)c1. The van der Waals surface area contributed by atoms with E-state index in [9.17, 15) is 25.8 Å². The maximum Gasteiger partial charge on any atom is 0.417 e. The molecule has 0 bridgehead atoms. The quantitative estimate of drug-likeness (QED) is 0.475. The van der Waals surface area contributed by atoms with Crippen LogP contribution < -0.4 is 4.72 Å². The van der Waals surface area contributed by atoms with Crippen molar-refractivity contribution in [3.63, 3.8) is 0 Å². The highest BCUT2D eigenvalue weighted by Gasteiger charge is 2.34. The van der Waals surface area contributed by atoms with Crippen molar-refractivity contribution >= 4 is 49.7 Å². The van der Waals surface area contributed by atoms with Crippen LogP contribution in [0.5, 0.6) is 0 Å². The van der Waals surface area contributed by atoms with Crippen molar-refractivity contribution in [1.82, 2.24) is 4.98 Å². The van der Waals surface area contributed by atoms with Crippen LogP contribution in [0.4, 0.5) is 18.9 Å². The first kappa shape index (κ1) is 23.5. The molecular formula is C19H13Cl2F3N2O3S2. The van der Waals surface area contributed by atoms with Gasteiger partial charge >= 0.3 is 6.18 Å². The normalized spacial score (nSPS) is 13.1. The second-order valence-electron chi connectivity index (χ2n) is 6.20. The Morgan fingerprint density at radius 2 is 1.77 bits per heavy atom. The Morgan fingerprint density at radius 1 is 1.03 bits per heavy atom. The molecule has 3 rings (SSSR count). The molecule has 0 radical (unpaired) electrons. The number of alkyl halides is 3. The third kappa shape index (κ3) is 5.76. The Labute approximate surface area is 188 Å².